The van der Waals surface area contributed by atoms with Crippen LogP contribution in [0.15, 0.2) is 18.2 Å². The van der Waals surface area contributed by atoms with Gasteiger partial charge in [0.2, 0.25) is 0 Å². The highest BCUT2D eigenvalue weighted by molar-refractivity contribution is 5.40. The molecule has 4 rings (SSSR count). The first kappa shape index (κ1) is 16.4. The summed E-state index contributed by atoms with van der Waals surface area (Å²) in [5.41, 5.74) is 3.18. The van der Waals surface area contributed by atoms with Crippen molar-refractivity contribution >= 4 is 0 Å². The van der Waals surface area contributed by atoms with Gasteiger partial charge < -0.3 is 14.9 Å². The third-order valence-electron chi connectivity index (χ3n) is 7.24. The molecule has 3 aliphatic rings. The van der Waals surface area contributed by atoms with E-state index in [2.05, 4.69) is 13.0 Å². The average molecular weight is 330 g/mol. The van der Waals surface area contributed by atoms with Gasteiger partial charge in [-0.1, -0.05) is 13.0 Å². The number of aryl methyl sites for hydroxylation is 1. The maximum Gasteiger partial charge on any atom is 0.115 e. The fourth-order valence-corrected chi connectivity index (χ4v) is 6.08. The number of rotatable bonds is 4. The van der Waals surface area contributed by atoms with Crippen molar-refractivity contribution in [3.8, 4) is 5.75 Å². The standard InChI is InChI=1S/C21H30O3/c1-21-10-9-17-16-6-4-15(23)13-14(16)3-5-18(17)19(21)7-8-20(21)24-12-2-11-22/h4,6,13,17-20,22-23H,2-3,5,7-12H2,1H3/t17?,18?,19?,20?,21-/m0/s1. The molecular weight excluding hydrogens is 300 g/mol. The molecule has 3 nitrogen and oxygen atoms in total. The fraction of sp³-hybridized carbons (Fsp3) is 0.714. The van der Waals surface area contributed by atoms with Crippen LogP contribution in [0.3, 0.4) is 0 Å². The monoisotopic (exact) mass is 330 g/mol. The number of benzene rings is 1. The van der Waals surface area contributed by atoms with E-state index in [4.69, 9.17) is 9.84 Å². The minimum atomic E-state index is 0.223. The van der Waals surface area contributed by atoms with E-state index in [9.17, 15) is 5.11 Å². The van der Waals surface area contributed by atoms with Crippen molar-refractivity contribution in [2.75, 3.05) is 13.2 Å². The SMILES string of the molecule is C[C@]12CCC3c4ccc(O)cc4CCC3C1CCC2OCCCO. The zero-order chi connectivity index (χ0) is 16.7. The minimum absolute atomic E-state index is 0.223. The van der Waals surface area contributed by atoms with Crippen LogP contribution in [0.1, 0.15) is 62.5 Å². The molecule has 2 saturated carbocycles. The van der Waals surface area contributed by atoms with Crippen molar-refractivity contribution in [1.29, 1.82) is 0 Å². The van der Waals surface area contributed by atoms with Crippen molar-refractivity contribution < 1.29 is 14.9 Å². The Kier molecular flexibility index (Phi) is 4.34. The van der Waals surface area contributed by atoms with Crippen molar-refractivity contribution in [3.63, 3.8) is 0 Å². The van der Waals surface area contributed by atoms with Gasteiger partial charge in [0.15, 0.2) is 0 Å². The van der Waals surface area contributed by atoms with E-state index >= 15 is 0 Å². The fourth-order valence-electron chi connectivity index (χ4n) is 6.08. The Morgan fingerprint density at radius 1 is 1.21 bits per heavy atom. The summed E-state index contributed by atoms with van der Waals surface area (Å²) >= 11 is 0. The van der Waals surface area contributed by atoms with Crippen molar-refractivity contribution in [2.24, 2.45) is 17.3 Å². The van der Waals surface area contributed by atoms with E-state index < -0.39 is 0 Å². The number of phenolic OH excluding ortho intramolecular Hbond substituents is 1. The normalized spacial score (nSPS) is 37.6. The number of aliphatic hydroxyl groups excluding tert-OH is 1. The number of aromatic hydroxyl groups is 1. The van der Waals surface area contributed by atoms with E-state index in [1.165, 1.54) is 43.2 Å². The highest BCUT2D eigenvalue weighted by Gasteiger charge is 2.55. The summed E-state index contributed by atoms with van der Waals surface area (Å²) in [6.45, 7) is 3.37. The van der Waals surface area contributed by atoms with Gasteiger partial charge in [-0.2, -0.15) is 0 Å². The lowest BCUT2D eigenvalue weighted by Crippen LogP contribution is -2.44. The Bertz CT molecular complexity index is 599. The molecule has 3 heteroatoms. The molecule has 4 unspecified atom stereocenters. The summed E-state index contributed by atoms with van der Waals surface area (Å²) in [5, 5.41) is 18.8. The van der Waals surface area contributed by atoms with Crippen LogP contribution in [0.25, 0.3) is 0 Å². The summed E-state index contributed by atoms with van der Waals surface area (Å²) in [7, 11) is 0. The summed E-state index contributed by atoms with van der Waals surface area (Å²) in [6, 6.07) is 6.02. The third-order valence-corrected chi connectivity index (χ3v) is 7.24. The first-order valence-electron chi connectivity index (χ1n) is 9.68. The van der Waals surface area contributed by atoms with E-state index in [1.807, 2.05) is 12.1 Å². The van der Waals surface area contributed by atoms with Gasteiger partial charge in [0.1, 0.15) is 5.75 Å². The Balaban J connectivity index is 1.54. The van der Waals surface area contributed by atoms with E-state index in [0.717, 1.165) is 24.7 Å². The molecule has 132 valence electrons. The first-order chi connectivity index (χ1) is 11.6. The zero-order valence-corrected chi connectivity index (χ0v) is 14.7. The van der Waals surface area contributed by atoms with Crippen LogP contribution in [0, 0.1) is 17.3 Å². The predicted molar refractivity (Wildman–Crippen MR) is 94.2 cm³/mol. The van der Waals surface area contributed by atoms with Gasteiger partial charge in [0, 0.05) is 13.2 Å². The second-order valence-electron chi connectivity index (χ2n) is 8.36. The molecule has 0 heterocycles. The highest BCUT2D eigenvalue weighted by Crippen LogP contribution is 2.61. The van der Waals surface area contributed by atoms with Gasteiger partial charge in [-0.25, -0.2) is 0 Å². The molecule has 24 heavy (non-hydrogen) atoms. The maximum atomic E-state index is 9.78. The number of ether oxygens (including phenoxy) is 1. The molecule has 1 aromatic rings. The van der Waals surface area contributed by atoms with Gasteiger partial charge >= 0.3 is 0 Å². The summed E-state index contributed by atoms with van der Waals surface area (Å²) < 4.78 is 6.19. The number of hydrogen-bond acceptors (Lipinski definition) is 3. The lowest BCUT2D eigenvalue weighted by atomic mass is 9.55. The summed E-state index contributed by atoms with van der Waals surface area (Å²) in [5.74, 6) is 2.61. The van der Waals surface area contributed by atoms with Gasteiger partial charge in [-0.05, 0) is 91.4 Å². The second kappa shape index (κ2) is 6.34. The largest absolute Gasteiger partial charge is 0.508 e. The molecule has 0 saturated heterocycles. The number of hydrogen-bond donors (Lipinski definition) is 2. The maximum absolute atomic E-state index is 9.78. The average Bonchev–Trinajstić information content (AvgIpc) is 2.91. The number of fused-ring (bicyclic) bond motifs is 5. The predicted octanol–water partition coefficient (Wildman–Crippen LogP) is 4.02. The second-order valence-corrected chi connectivity index (χ2v) is 8.36. The Morgan fingerprint density at radius 3 is 2.92 bits per heavy atom. The molecule has 5 atom stereocenters. The molecular formula is C21H30O3. The molecule has 0 amide bonds. The minimum Gasteiger partial charge on any atom is -0.508 e. The summed E-state index contributed by atoms with van der Waals surface area (Å²) in [6.07, 6.45) is 8.43. The van der Waals surface area contributed by atoms with Crippen LogP contribution in [-0.2, 0) is 11.2 Å². The van der Waals surface area contributed by atoms with Crippen molar-refractivity contribution in [2.45, 2.75) is 63.9 Å². The zero-order valence-electron chi connectivity index (χ0n) is 14.7. The molecule has 1 aromatic carbocycles. The van der Waals surface area contributed by atoms with Gasteiger partial charge in [0.05, 0.1) is 6.10 Å². The van der Waals surface area contributed by atoms with Crippen LogP contribution >= 0.6 is 0 Å². The smallest absolute Gasteiger partial charge is 0.115 e. The van der Waals surface area contributed by atoms with Crippen molar-refractivity contribution in [1.82, 2.24) is 0 Å². The van der Waals surface area contributed by atoms with Crippen LogP contribution in [0.2, 0.25) is 0 Å². The topological polar surface area (TPSA) is 49.7 Å². The van der Waals surface area contributed by atoms with E-state index in [-0.39, 0.29) is 6.61 Å². The lowest BCUT2D eigenvalue weighted by Gasteiger charge is -2.50. The van der Waals surface area contributed by atoms with E-state index in [0.29, 0.717) is 29.8 Å². The third kappa shape index (κ3) is 2.57. The van der Waals surface area contributed by atoms with Crippen LogP contribution in [0.5, 0.6) is 5.75 Å². The summed E-state index contributed by atoms with van der Waals surface area (Å²) in [4.78, 5) is 0. The molecule has 0 radical (unpaired) electrons. The Hall–Kier alpha value is -1.06. The van der Waals surface area contributed by atoms with Crippen LogP contribution in [-0.4, -0.2) is 29.5 Å². The Labute approximate surface area is 145 Å². The van der Waals surface area contributed by atoms with Crippen molar-refractivity contribution in [3.05, 3.63) is 29.3 Å². The highest BCUT2D eigenvalue weighted by atomic mass is 16.5. The molecule has 2 N–H and O–H groups in total. The molecule has 0 aliphatic heterocycles. The quantitative estimate of drug-likeness (QED) is 0.820. The molecule has 3 aliphatic carbocycles. The first-order valence-corrected chi connectivity index (χ1v) is 9.68. The van der Waals surface area contributed by atoms with Crippen LogP contribution in [0.4, 0.5) is 0 Å². The molecule has 0 bridgehead atoms. The van der Waals surface area contributed by atoms with Gasteiger partial charge in [-0.15, -0.1) is 0 Å². The number of aliphatic hydroxyl groups is 1. The van der Waals surface area contributed by atoms with Gasteiger partial charge in [0.25, 0.3) is 0 Å². The van der Waals surface area contributed by atoms with Gasteiger partial charge in [-0.3, -0.25) is 0 Å². The van der Waals surface area contributed by atoms with E-state index in [1.54, 1.807) is 0 Å². The molecule has 0 aromatic heterocycles. The Morgan fingerprint density at radius 2 is 2.08 bits per heavy atom. The molecule has 0 spiro atoms. The molecule has 2 fully saturated rings. The number of phenols is 1. The van der Waals surface area contributed by atoms with Crippen LogP contribution < -0.4 is 0 Å². The lowest BCUT2D eigenvalue weighted by molar-refractivity contribution is -0.0661.